The third-order valence-electron chi connectivity index (χ3n) is 2.99. The van der Waals surface area contributed by atoms with E-state index in [0.717, 1.165) is 22.3 Å². The Morgan fingerprint density at radius 1 is 1.23 bits per heavy atom. The molecule has 0 radical (unpaired) electrons. The second-order valence-corrected chi connectivity index (χ2v) is 6.26. The molecule has 0 aliphatic heterocycles. The lowest BCUT2D eigenvalue weighted by Crippen LogP contribution is -2.38. The molecule has 0 aromatic heterocycles. The SMILES string of the molecule is C=C(C=C(C)C(=C)C(C)NC(=O)OC(C)(C)C)C(C)=CC=N. The summed E-state index contributed by atoms with van der Waals surface area (Å²) in [7, 11) is 0. The summed E-state index contributed by atoms with van der Waals surface area (Å²) in [6, 6.07) is -0.245. The van der Waals surface area contributed by atoms with E-state index in [2.05, 4.69) is 18.5 Å². The Kier molecular flexibility index (Phi) is 7.57. The van der Waals surface area contributed by atoms with Crippen molar-refractivity contribution in [1.82, 2.24) is 5.32 Å². The van der Waals surface area contributed by atoms with E-state index >= 15 is 0 Å². The maximum atomic E-state index is 11.8. The number of nitrogens with one attached hydrogen (secondary N) is 2. The van der Waals surface area contributed by atoms with E-state index in [9.17, 15) is 4.79 Å². The second-order valence-electron chi connectivity index (χ2n) is 6.26. The normalized spacial score (nSPS) is 14.1. The van der Waals surface area contributed by atoms with Crippen molar-refractivity contribution in [1.29, 1.82) is 5.41 Å². The fourth-order valence-corrected chi connectivity index (χ4v) is 1.61. The molecular formula is C18H28N2O2. The number of rotatable bonds is 6. The van der Waals surface area contributed by atoms with Crippen LogP contribution in [0.5, 0.6) is 0 Å². The Balaban J connectivity index is 4.82. The van der Waals surface area contributed by atoms with Crippen LogP contribution >= 0.6 is 0 Å². The summed E-state index contributed by atoms with van der Waals surface area (Å²) in [4.78, 5) is 11.8. The number of carbonyl (C=O) groups excluding carboxylic acids is 1. The van der Waals surface area contributed by atoms with Gasteiger partial charge in [0.15, 0.2) is 0 Å². The minimum atomic E-state index is -0.529. The monoisotopic (exact) mass is 304 g/mol. The van der Waals surface area contributed by atoms with Crippen molar-refractivity contribution in [3.63, 3.8) is 0 Å². The van der Waals surface area contributed by atoms with E-state index in [1.165, 1.54) is 6.21 Å². The first-order valence-electron chi connectivity index (χ1n) is 7.21. The number of amides is 1. The molecule has 0 rings (SSSR count). The predicted molar refractivity (Wildman–Crippen MR) is 93.4 cm³/mol. The van der Waals surface area contributed by atoms with Gasteiger partial charge in [-0.3, -0.25) is 0 Å². The van der Waals surface area contributed by atoms with Crippen LogP contribution in [0.1, 0.15) is 41.5 Å². The molecule has 1 atom stereocenters. The number of hydrogen-bond acceptors (Lipinski definition) is 3. The van der Waals surface area contributed by atoms with Crippen LogP contribution in [-0.2, 0) is 4.74 Å². The largest absolute Gasteiger partial charge is 0.444 e. The van der Waals surface area contributed by atoms with Gasteiger partial charge in [0.05, 0.1) is 6.04 Å². The fraction of sp³-hybridized carbons (Fsp3) is 0.444. The molecule has 122 valence electrons. The molecule has 0 fully saturated rings. The molecule has 0 aliphatic rings. The smallest absolute Gasteiger partial charge is 0.408 e. The van der Waals surface area contributed by atoms with Crippen molar-refractivity contribution < 1.29 is 9.53 Å². The van der Waals surface area contributed by atoms with Crippen LogP contribution < -0.4 is 5.32 Å². The Labute approximate surface area is 134 Å². The van der Waals surface area contributed by atoms with Gasteiger partial charge in [0, 0.05) is 6.21 Å². The van der Waals surface area contributed by atoms with Gasteiger partial charge in [0.25, 0.3) is 0 Å². The molecule has 0 saturated carbocycles. The summed E-state index contributed by atoms with van der Waals surface area (Å²) < 4.78 is 5.23. The summed E-state index contributed by atoms with van der Waals surface area (Å²) in [6.07, 6.45) is 4.33. The Morgan fingerprint density at radius 2 is 1.77 bits per heavy atom. The van der Waals surface area contributed by atoms with Crippen molar-refractivity contribution in [3.8, 4) is 0 Å². The first-order chi connectivity index (χ1) is 9.97. The molecule has 0 aromatic carbocycles. The average molecular weight is 304 g/mol. The molecule has 0 saturated heterocycles. The van der Waals surface area contributed by atoms with Gasteiger partial charge in [-0.1, -0.05) is 19.2 Å². The van der Waals surface area contributed by atoms with Crippen molar-refractivity contribution >= 4 is 12.3 Å². The van der Waals surface area contributed by atoms with Crippen LogP contribution in [0.15, 0.2) is 47.6 Å². The number of alkyl carbamates (subject to hydrolysis) is 1. The van der Waals surface area contributed by atoms with Crippen molar-refractivity contribution in [2.24, 2.45) is 0 Å². The van der Waals surface area contributed by atoms with Gasteiger partial charge in [-0.05, 0) is 69.9 Å². The van der Waals surface area contributed by atoms with E-state index in [1.807, 2.05) is 47.6 Å². The molecule has 0 bridgehead atoms. The Bertz CT molecular complexity index is 520. The number of carbonyl (C=O) groups is 1. The minimum absolute atomic E-state index is 0.245. The summed E-state index contributed by atoms with van der Waals surface area (Å²) >= 11 is 0. The Hall–Kier alpha value is -2.10. The molecule has 1 amide bonds. The van der Waals surface area contributed by atoms with Crippen LogP contribution in [0.3, 0.4) is 0 Å². The number of allylic oxidation sites excluding steroid dienone is 4. The topological polar surface area (TPSA) is 62.2 Å². The van der Waals surface area contributed by atoms with Crippen LogP contribution in [0.25, 0.3) is 0 Å². The lowest BCUT2D eigenvalue weighted by atomic mass is 9.98. The molecule has 0 spiro atoms. The predicted octanol–water partition coefficient (Wildman–Crippen LogP) is 4.55. The molecule has 0 aromatic rings. The molecule has 1 unspecified atom stereocenters. The first-order valence-corrected chi connectivity index (χ1v) is 7.21. The first kappa shape index (κ1) is 19.9. The average Bonchev–Trinajstić information content (AvgIpc) is 2.35. The highest BCUT2D eigenvalue weighted by Crippen LogP contribution is 2.17. The zero-order valence-corrected chi connectivity index (χ0v) is 14.5. The van der Waals surface area contributed by atoms with Gasteiger partial charge in [-0.2, -0.15) is 0 Å². The standard InChI is InChI=1S/C18H28N2O2/c1-12(9-10-19)13(2)11-14(3)15(4)16(5)20-17(21)22-18(6,7)8/h9-11,16,19H,2,4H2,1,3,5-8H3,(H,20,21). The molecule has 4 heteroatoms. The maximum Gasteiger partial charge on any atom is 0.408 e. The van der Waals surface area contributed by atoms with Crippen LogP contribution in [0, 0.1) is 5.41 Å². The van der Waals surface area contributed by atoms with Crippen molar-refractivity contribution in [3.05, 3.63) is 47.6 Å². The summed E-state index contributed by atoms with van der Waals surface area (Å²) in [5, 5.41) is 9.83. The van der Waals surface area contributed by atoms with E-state index in [0.29, 0.717) is 0 Å². The molecular weight excluding hydrogens is 276 g/mol. The van der Waals surface area contributed by atoms with E-state index in [1.54, 1.807) is 6.08 Å². The minimum Gasteiger partial charge on any atom is -0.444 e. The molecule has 2 N–H and O–H groups in total. The molecule has 22 heavy (non-hydrogen) atoms. The molecule has 0 aliphatic carbocycles. The molecule has 4 nitrogen and oxygen atoms in total. The highest BCUT2D eigenvalue weighted by molar-refractivity contribution is 5.71. The summed E-state index contributed by atoms with van der Waals surface area (Å²) in [5.74, 6) is 0. The van der Waals surface area contributed by atoms with Gasteiger partial charge < -0.3 is 15.5 Å². The van der Waals surface area contributed by atoms with Crippen molar-refractivity contribution in [2.75, 3.05) is 0 Å². The summed E-state index contributed by atoms with van der Waals surface area (Å²) in [5.41, 5.74) is 2.90. The lowest BCUT2D eigenvalue weighted by molar-refractivity contribution is 0.0516. The summed E-state index contributed by atoms with van der Waals surface area (Å²) in [6.45, 7) is 19.1. The quantitative estimate of drug-likeness (QED) is 0.558. The zero-order valence-electron chi connectivity index (χ0n) is 14.5. The van der Waals surface area contributed by atoms with Crippen LogP contribution in [0.2, 0.25) is 0 Å². The highest BCUT2D eigenvalue weighted by Gasteiger charge is 2.19. The van der Waals surface area contributed by atoms with Gasteiger partial charge in [-0.15, -0.1) is 0 Å². The third kappa shape index (κ3) is 7.62. The lowest BCUT2D eigenvalue weighted by Gasteiger charge is -2.23. The van der Waals surface area contributed by atoms with Gasteiger partial charge in [0.1, 0.15) is 5.60 Å². The number of ether oxygens (including phenoxy) is 1. The highest BCUT2D eigenvalue weighted by atomic mass is 16.6. The zero-order chi connectivity index (χ0) is 17.5. The van der Waals surface area contributed by atoms with Crippen LogP contribution in [-0.4, -0.2) is 24.0 Å². The van der Waals surface area contributed by atoms with Gasteiger partial charge in [-0.25, -0.2) is 4.79 Å². The van der Waals surface area contributed by atoms with E-state index < -0.39 is 11.7 Å². The maximum absolute atomic E-state index is 11.8. The number of hydrogen-bond donors (Lipinski definition) is 2. The van der Waals surface area contributed by atoms with Crippen molar-refractivity contribution in [2.45, 2.75) is 53.2 Å². The van der Waals surface area contributed by atoms with Gasteiger partial charge in [0.2, 0.25) is 0 Å². The second kappa shape index (κ2) is 8.37. The molecule has 0 heterocycles. The van der Waals surface area contributed by atoms with E-state index in [4.69, 9.17) is 10.1 Å². The Morgan fingerprint density at radius 3 is 2.23 bits per heavy atom. The fourth-order valence-electron chi connectivity index (χ4n) is 1.61. The van der Waals surface area contributed by atoms with Gasteiger partial charge >= 0.3 is 6.09 Å². The van der Waals surface area contributed by atoms with Crippen LogP contribution in [0.4, 0.5) is 4.79 Å². The van der Waals surface area contributed by atoms with E-state index in [-0.39, 0.29) is 6.04 Å². The third-order valence-corrected chi connectivity index (χ3v) is 2.99.